The van der Waals surface area contributed by atoms with Crippen molar-refractivity contribution < 1.29 is 0 Å². The minimum absolute atomic E-state index is 0.705. The standard InChI is InChI=1S/C20H24ClN3S/c1-14-5-7-18(17(21)12-14)22-20(25)24-10-8-23(9-11-24)19-13-15(2)4-6-16(19)3/h4-7,12-13H,8-11H2,1-3H3,(H,22,25). The Balaban J connectivity index is 1.62. The van der Waals surface area contributed by atoms with E-state index in [0.29, 0.717) is 5.02 Å². The molecule has 0 aliphatic carbocycles. The SMILES string of the molecule is Cc1ccc(NC(=S)N2CCN(c3cc(C)ccc3C)CC2)c(Cl)c1. The third-order valence-electron chi connectivity index (χ3n) is 4.64. The summed E-state index contributed by atoms with van der Waals surface area (Å²) in [6.07, 6.45) is 0. The van der Waals surface area contributed by atoms with E-state index >= 15 is 0 Å². The fourth-order valence-electron chi connectivity index (χ4n) is 3.13. The van der Waals surface area contributed by atoms with Crippen LogP contribution in [0.25, 0.3) is 0 Å². The second-order valence-electron chi connectivity index (χ2n) is 6.68. The van der Waals surface area contributed by atoms with Gasteiger partial charge in [-0.15, -0.1) is 0 Å². The normalized spacial score (nSPS) is 14.6. The number of hydrogen-bond donors (Lipinski definition) is 1. The monoisotopic (exact) mass is 373 g/mol. The Labute approximate surface area is 160 Å². The van der Waals surface area contributed by atoms with Crippen LogP contribution in [0.4, 0.5) is 11.4 Å². The van der Waals surface area contributed by atoms with Gasteiger partial charge in [0.1, 0.15) is 0 Å². The van der Waals surface area contributed by atoms with E-state index in [2.05, 4.69) is 47.2 Å². The number of rotatable bonds is 2. The van der Waals surface area contributed by atoms with Gasteiger partial charge in [-0.1, -0.05) is 29.8 Å². The Hall–Kier alpha value is -1.78. The number of piperazine rings is 1. The first-order valence-corrected chi connectivity index (χ1v) is 9.37. The van der Waals surface area contributed by atoms with E-state index < -0.39 is 0 Å². The van der Waals surface area contributed by atoms with Crippen molar-refractivity contribution in [1.82, 2.24) is 4.90 Å². The van der Waals surface area contributed by atoms with Crippen LogP contribution in [0.1, 0.15) is 16.7 Å². The molecular formula is C20H24ClN3S. The van der Waals surface area contributed by atoms with Gasteiger partial charge in [0.2, 0.25) is 0 Å². The summed E-state index contributed by atoms with van der Waals surface area (Å²) in [5.41, 5.74) is 5.97. The van der Waals surface area contributed by atoms with E-state index in [-0.39, 0.29) is 0 Å². The summed E-state index contributed by atoms with van der Waals surface area (Å²) < 4.78 is 0. The van der Waals surface area contributed by atoms with Gasteiger partial charge in [-0.05, 0) is 67.9 Å². The van der Waals surface area contributed by atoms with E-state index in [0.717, 1.165) is 42.5 Å². The molecule has 1 heterocycles. The summed E-state index contributed by atoms with van der Waals surface area (Å²) in [5.74, 6) is 0. The average Bonchev–Trinajstić information content (AvgIpc) is 2.59. The lowest BCUT2D eigenvalue weighted by Crippen LogP contribution is -2.50. The second kappa shape index (κ2) is 7.63. The summed E-state index contributed by atoms with van der Waals surface area (Å²) in [6, 6.07) is 12.6. The molecule has 0 unspecified atom stereocenters. The largest absolute Gasteiger partial charge is 0.368 e. The topological polar surface area (TPSA) is 18.5 Å². The molecule has 1 aliphatic rings. The molecular weight excluding hydrogens is 350 g/mol. The molecule has 0 saturated carbocycles. The molecule has 0 aromatic heterocycles. The quantitative estimate of drug-likeness (QED) is 0.763. The molecule has 0 radical (unpaired) electrons. The molecule has 0 atom stereocenters. The summed E-state index contributed by atoms with van der Waals surface area (Å²) in [7, 11) is 0. The molecule has 0 spiro atoms. The lowest BCUT2D eigenvalue weighted by atomic mass is 10.1. The lowest BCUT2D eigenvalue weighted by Gasteiger charge is -2.38. The van der Waals surface area contributed by atoms with Crippen molar-refractivity contribution in [3.8, 4) is 0 Å². The predicted molar refractivity (Wildman–Crippen MR) is 112 cm³/mol. The highest BCUT2D eigenvalue weighted by Gasteiger charge is 2.20. The van der Waals surface area contributed by atoms with E-state index in [1.165, 1.54) is 16.8 Å². The van der Waals surface area contributed by atoms with Crippen LogP contribution in [0.3, 0.4) is 0 Å². The first kappa shape index (κ1) is 18.0. The molecule has 5 heteroatoms. The van der Waals surface area contributed by atoms with Gasteiger partial charge in [0, 0.05) is 31.9 Å². The third-order valence-corrected chi connectivity index (χ3v) is 5.31. The van der Waals surface area contributed by atoms with Gasteiger partial charge in [0.15, 0.2) is 5.11 Å². The average molecular weight is 374 g/mol. The van der Waals surface area contributed by atoms with Gasteiger partial charge >= 0.3 is 0 Å². The maximum atomic E-state index is 6.30. The fourth-order valence-corrected chi connectivity index (χ4v) is 3.70. The number of halogens is 1. The molecule has 2 aromatic rings. The number of benzene rings is 2. The molecule has 3 rings (SSSR count). The maximum Gasteiger partial charge on any atom is 0.173 e. The molecule has 1 N–H and O–H groups in total. The molecule has 1 fully saturated rings. The van der Waals surface area contributed by atoms with Crippen molar-refractivity contribution in [2.45, 2.75) is 20.8 Å². The van der Waals surface area contributed by atoms with Crippen LogP contribution < -0.4 is 10.2 Å². The van der Waals surface area contributed by atoms with Crippen LogP contribution in [0.2, 0.25) is 5.02 Å². The van der Waals surface area contributed by atoms with Gasteiger partial charge in [-0.3, -0.25) is 0 Å². The van der Waals surface area contributed by atoms with Gasteiger partial charge < -0.3 is 15.1 Å². The minimum atomic E-state index is 0.705. The van der Waals surface area contributed by atoms with Crippen LogP contribution in [-0.4, -0.2) is 36.2 Å². The number of thiocarbonyl (C=S) groups is 1. The molecule has 132 valence electrons. The second-order valence-corrected chi connectivity index (χ2v) is 7.47. The van der Waals surface area contributed by atoms with Crippen LogP contribution in [0.5, 0.6) is 0 Å². The number of nitrogens with one attached hydrogen (secondary N) is 1. The van der Waals surface area contributed by atoms with Crippen LogP contribution in [0, 0.1) is 20.8 Å². The number of anilines is 2. The zero-order valence-corrected chi connectivity index (χ0v) is 16.5. The fraction of sp³-hybridized carbons (Fsp3) is 0.350. The molecule has 0 bridgehead atoms. The van der Waals surface area contributed by atoms with E-state index in [9.17, 15) is 0 Å². The number of aryl methyl sites for hydroxylation is 3. The maximum absolute atomic E-state index is 6.30. The first-order chi connectivity index (χ1) is 11.9. The Kier molecular flexibility index (Phi) is 5.50. The molecule has 0 amide bonds. The molecule has 25 heavy (non-hydrogen) atoms. The first-order valence-electron chi connectivity index (χ1n) is 8.58. The summed E-state index contributed by atoms with van der Waals surface area (Å²) in [5, 5.41) is 4.74. The highest BCUT2D eigenvalue weighted by atomic mass is 35.5. The lowest BCUT2D eigenvalue weighted by molar-refractivity contribution is 0.390. The van der Waals surface area contributed by atoms with Crippen molar-refractivity contribution in [2.75, 3.05) is 36.4 Å². The van der Waals surface area contributed by atoms with Gasteiger partial charge in [-0.25, -0.2) is 0 Å². The van der Waals surface area contributed by atoms with Crippen molar-refractivity contribution >= 4 is 40.3 Å². The zero-order valence-electron chi connectivity index (χ0n) is 15.0. The molecule has 3 nitrogen and oxygen atoms in total. The van der Waals surface area contributed by atoms with Crippen molar-refractivity contribution in [3.05, 3.63) is 58.1 Å². The Morgan fingerprint density at radius 3 is 2.28 bits per heavy atom. The van der Waals surface area contributed by atoms with Crippen LogP contribution in [0.15, 0.2) is 36.4 Å². The predicted octanol–water partition coefficient (Wildman–Crippen LogP) is 4.78. The Bertz CT molecular complexity index is 783. The van der Waals surface area contributed by atoms with E-state index in [1.54, 1.807) is 0 Å². The number of nitrogens with zero attached hydrogens (tertiary/aromatic N) is 2. The van der Waals surface area contributed by atoms with E-state index in [4.69, 9.17) is 23.8 Å². The van der Waals surface area contributed by atoms with Gasteiger partial charge in [0.25, 0.3) is 0 Å². The number of hydrogen-bond acceptors (Lipinski definition) is 2. The summed E-state index contributed by atoms with van der Waals surface area (Å²) >= 11 is 11.9. The third kappa shape index (κ3) is 4.25. The van der Waals surface area contributed by atoms with Crippen molar-refractivity contribution in [2.24, 2.45) is 0 Å². The molecule has 1 saturated heterocycles. The van der Waals surface area contributed by atoms with Gasteiger partial charge in [-0.2, -0.15) is 0 Å². The Morgan fingerprint density at radius 1 is 0.960 bits per heavy atom. The summed E-state index contributed by atoms with van der Waals surface area (Å²) in [4.78, 5) is 4.66. The van der Waals surface area contributed by atoms with E-state index in [1.807, 2.05) is 25.1 Å². The highest BCUT2D eigenvalue weighted by Crippen LogP contribution is 2.25. The highest BCUT2D eigenvalue weighted by molar-refractivity contribution is 7.80. The van der Waals surface area contributed by atoms with Crippen molar-refractivity contribution in [1.29, 1.82) is 0 Å². The smallest absolute Gasteiger partial charge is 0.173 e. The van der Waals surface area contributed by atoms with Crippen LogP contribution >= 0.6 is 23.8 Å². The summed E-state index contributed by atoms with van der Waals surface area (Å²) in [6.45, 7) is 10.1. The van der Waals surface area contributed by atoms with Crippen LogP contribution in [-0.2, 0) is 0 Å². The Morgan fingerprint density at radius 2 is 1.60 bits per heavy atom. The van der Waals surface area contributed by atoms with Gasteiger partial charge in [0.05, 0.1) is 10.7 Å². The minimum Gasteiger partial charge on any atom is -0.368 e. The molecule has 2 aromatic carbocycles. The molecule has 1 aliphatic heterocycles. The van der Waals surface area contributed by atoms with Crippen molar-refractivity contribution in [3.63, 3.8) is 0 Å². The zero-order chi connectivity index (χ0) is 18.0.